The normalized spacial score (nSPS) is 11.5. The van der Waals surface area contributed by atoms with Gasteiger partial charge in [0.25, 0.3) is 0 Å². The van der Waals surface area contributed by atoms with Crippen LogP contribution in [0, 0.1) is 6.92 Å². The Morgan fingerprint density at radius 2 is 1.82 bits per heavy atom. The molecule has 3 aromatic carbocycles. The van der Waals surface area contributed by atoms with Crippen LogP contribution in [0.25, 0.3) is 27.7 Å². The first kappa shape index (κ1) is 22.2. The van der Waals surface area contributed by atoms with E-state index in [0.717, 1.165) is 39.0 Å². The second kappa shape index (κ2) is 9.65. The molecule has 0 spiro atoms. The van der Waals surface area contributed by atoms with Crippen molar-refractivity contribution in [1.82, 2.24) is 5.32 Å². The number of methoxy groups -OCH3 is 2. The molecule has 5 heteroatoms. The average Bonchev–Trinajstić information content (AvgIpc) is 3.25. The zero-order valence-corrected chi connectivity index (χ0v) is 19.3. The van der Waals surface area contributed by atoms with Crippen molar-refractivity contribution in [2.45, 2.75) is 20.4 Å². The van der Waals surface area contributed by atoms with Crippen LogP contribution in [0.2, 0.25) is 0 Å². The van der Waals surface area contributed by atoms with Crippen molar-refractivity contribution in [3.63, 3.8) is 0 Å². The lowest BCUT2D eigenvalue weighted by molar-refractivity contribution is -0.116. The maximum absolute atomic E-state index is 12.6. The Morgan fingerprint density at radius 1 is 1.03 bits per heavy atom. The van der Waals surface area contributed by atoms with E-state index in [1.807, 2.05) is 74.5 Å². The van der Waals surface area contributed by atoms with Gasteiger partial charge in [-0.3, -0.25) is 4.79 Å². The number of aryl methyl sites for hydroxylation is 1. The maximum Gasteiger partial charge on any atom is 0.244 e. The van der Waals surface area contributed by atoms with Crippen molar-refractivity contribution in [1.29, 1.82) is 0 Å². The Labute approximate surface area is 193 Å². The lowest BCUT2D eigenvalue weighted by Crippen LogP contribution is -2.20. The second-order valence-corrected chi connectivity index (χ2v) is 7.96. The van der Waals surface area contributed by atoms with E-state index >= 15 is 0 Å². The van der Waals surface area contributed by atoms with Gasteiger partial charge in [-0.05, 0) is 48.7 Å². The highest BCUT2D eigenvalue weighted by molar-refractivity contribution is 6.00. The number of hydrogen-bond donors (Lipinski definition) is 1. The summed E-state index contributed by atoms with van der Waals surface area (Å²) < 4.78 is 16.8. The molecule has 1 N–H and O–H groups in total. The van der Waals surface area contributed by atoms with Gasteiger partial charge in [0, 0.05) is 35.2 Å². The molecule has 168 valence electrons. The highest BCUT2D eigenvalue weighted by Gasteiger charge is 2.15. The van der Waals surface area contributed by atoms with E-state index in [2.05, 4.69) is 5.32 Å². The zero-order valence-electron chi connectivity index (χ0n) is 19.3. The topological polar surface area (TPSA) is 60.7 Å². The number of carbonyl (C=O) groups excluding carboxylic acids is 1. The summed E-state index contributed by atoms with van der Waals surface area (Å²) in [5.74, 6) is 1.27. The molecule has 0 bridgehead atoms. The first-order valence-electron chi connectivity index (χ1n) is 10.7. The summed E-state index contributed by atoms with van der Waals surface area (Å²) in [6, 6.07) is 19.8. The number of fused-ring (bicyclic) bond motifs is 1. The van der Waals surface area contributed by atoms with Crippen LogP contribution < -0.4 is 14.8 Å². The SMILES string of the molecule is COc1cccc(-c2coc3cc(OC)c(/C(C)=C/C(=O)NCc4ccc(C)cc4)cc23)c1. The Kier molecular flexibility index (Phi) is 6.50. The Bertz CT molecular complexity index is 1320. The van der Waals surface area contributed by atoms with E-state index in [4.69, 9.17) is 13.9 Å². The molecule has 5 nitrogen and oxygen atoms in total. The standard InChI is InChI=1S/C28H27NO4/c1-18-8-10-20(11-9-18)16-29-28(30)12-19(2)23-14-24-25(17-33-27(24)15-26(23)32-4)21-6-5-7-22(13-21)31-3/h5-15,17H,16H2,1-4H3,(H,29,30)/b19-12+. The van der Waals surface area contributed by atoms with Crippen molar-refractivity contribution >= 4 is 22.4 Å². The maximum atomic E-state index is 12.6. The number of benzene rings is 3. The molecule has 0 aliphatic carbocycles. The number of carbonyl (C=O) groups is 1. The van der Waals surface area contributed by atoms with Gasteiger partial charge in [-0.1, -0.05) is 42.0 Å². The molecule has 0 radical (unpaired) electrons. The van der Waals surface area contributed by atoms with Crippen LogP contribution in [-0.4, -0.2) is 20.1 Å². The van der Waals surface area contributed by atoms with E-state index in [1.54, 1.807) is 26.6 Å². The predicted molar refractivity (Wildman–Crippen MR) is 131 cm³/mol. The van der Waals surface area contributed by atoms with Gasteiger partial charge >= 0.3 is 0 Å². The van der Waals surface area contributed by atoms with Crippen molar-refractivity contribution in [2.24, 2.45) is 0 Å². The number of allylic oxidation sites excluding steroid dienone is 1. The minimum Gasteiger partial charge on any atom is -0.497 e. The predicted octanol–water partition coefficient (Wildman–Crippen LogP) is 6.15. The molecule has 1 heterocycles. The van der Waals surface area contributed by atoms with Crippen LogP contribution in [0.15, 0.2) is 77.4 Å². The number of rotatable bonds is 7. The molecule has 33 heavy (non-hydrogen) atoms. The van der Waals surface area contributed by atoms with Crippen LogP contribution in [0.1, 0.15) is 23.6 Å². The molecule has 0 atom stereocenters. The molecule has 4 rings (SSSR count). The molecule has 4 aromatic rings. The molecule has 0 fully saturated rings. The largest absolute Gasteiger partial charge is 0.497 e. The summed E-state index contributed by atoms with van der Waals surface area (Å²) in [7, 11) is 3.26. The molecular weight excluding hydrogens is 414 g/mol. The summed E-state index contributed by atoms with van der Waals surface area (Å²) in [6.07, 6.45) is 3.33. The van der Waals surface area contributed by atoms with Gasteiger partial charge in [-0.25, -0.2) is 0 Å². The Balaban J connectivity index is 1.63. The van der Waals surface area contributed by atoms with Crippen molar-refractivity contribution in [3.05, 3.63) is 89.7 Å². The van der Waals surface area contributed by atoms with E-state index in [1.165, 1.54) is 5.56 Å². The summed E-state index contributed by atoms with van der Waals surface area (Å²) in [5, 5.41) is 3.89. The Hall–Kier alpha value is -3.99. The van der Waals surface area contributed by atoms with Gasteiger partial charge in [-0.2, -0.15) is 0 Å². The van der Waals surface area contributed by atoms with Crippen LogP contribution >= 0.6 is 0 Å². The van der Waals surface area contributed by atoms with Gasteiger partial charge in [0.05, 0.1) is 20.5 Å². The molecule has 0 aliphatic rings. The molecular formula is C28H27NO4. The Morgan fingerprint density at radius 3 is 2.55 bits per heavy atom. The molecule has 0 aliphatic heterocycles. The van der Waals surface area contributed by atoms with E-state index in [9.17, 15) is 4.79 Å². The van der Waals surface area contributed by atoms with Crippen LogP contribution in [0.5, 0.6) is 11.5 Å². The first-order valence-corrected chi connectivity index (χ1v) is 10.7. The first-order chi connectivity index (χ1) is 16.0. The molecule has 0 saturated heterocycles. The summed E-state index contributed by atoms with van der Waals surface area (Å²) >= 11 is 0. The minimum absolute atomic E-state index is 0.157. The quantitative estimate of drug-likeness (QED) is 0.350. The molecule has 1 amide bonds. The van der Waals surface area contributed by atoms with E-state index in [0.29, 0.717) is 17.9 Å². The van der Waals surface area contributed by atoms with Crippen molar-refractivity contribution in [3.8, 4) is 22.6 Å². The summed E-state index contributed by atoms with van der Waals surface area (Å²) in [6.45, 7) is 4.42. The molecule has 0 saturated carbocycles. The van der Waals surface area contributed by atoms with E-state index < -0.39 is 0 Å². The van der Waals surface area contributed by atoms with Crippen molar-refractivity contribution < 1.29 is 18.7 Å². The molecule has 1 aromatic heterocycles. The fourth-order valence-electron chi connectivity index (χ4n) is 3.77. The minimum atomic E-state index is -0.157. The molecule has 0 unspecified atom stereocenters. The van der Waals surface area contributed by atoms with Crippen LogP contribution in [0.3, 0.4) is 0 Å². The number of hydrogen-bond acceptors (Lipinski definition) is 4. The average molecular weight is 442 g/mol. The van der Waals surface area contributed by atoms with Gasteiger partial charge in [0.1, 0.15) is 17.1 Å². The van der Waals surface area contributed by atoms with Gasteiger partial charge in [0.15, 0.2) is 0 Å². The van der Waals surface area contributed by atoms with Crippen molar-refractivity contribution in [2.75, 3.05) is 14.2 Å². The van der Waals surface area contributed by atoms with E-state index in [-0.39, 0.29) is 5.91 Å². The summed E-state index contributed by atoms with van der Waals surface area (Å²) in [4.78, 5) is 12.6. The zero-order chi connectivity index (χ0) is 23.4. The highest BCUT2D eigenvalue weighted by atomic mass is 16.5. The monoisotopic (exact) mass is 441 g/mol. The number of amides is 1. The lowest BCUT2D eigenvalue weighted by atomic mass is 9.99. The van der Waals surface area contributed by atoms with Gasteiger partial charge in [0.2, 0.25) is 5.91 Å². The van der Waals surface area contributed by atoms with Crippen LogP contribution in [0.4, 0.5) is 0 Å². The number of ether oxygens (including phenoxy) is 2. The number of nitrogens with one attached hydrogen (secondary N) is 1. The van der Waals surface area contributed by atoms with Gasteiger partial charge < -0.3 is 19.2 Å². The van der Waals surface area contributed by atoms with Crippen LogP contribution in [-0.2, 0) is 11.3 Å². The third kappa shape index (κ3) is 4.93. The number of furan rings is 1. The smallest absolute Gasteiger partial charge is 0.244 e. The third-order valence-corrected chi connectivity index (χ3v) is 5.64. The fraction of sp³-hybridized carbons (Fsp3) is 0.179. The lowest BCUT2D eigenvalue weighted by Gasteiger charge is -2.10. The second-order valence-electron chi connectivity index (χ2n) is 7.96. The fourth-order valence-corrected chi connectivity index (χ4v) is 3.77. The highest BCUT2D eigenvalue weighted by Crippen LogP contribution is 2.38. The summed E-state index contributed by atoms with van der Waals surface area (Å²) in [5.41, 5.74) is 6.53. The van der Waals surface area contributed by atoms with Gasteiger partial charge in [-0.15, -0.1) is 0 Å². The third-order valence-electron chi connectivity index (χ3n) is 5.64.